The molecule has 0 spiro atoms. The Kier molecular flexibility index (Phi) is 12.5. The predicted molar refractivity (Wildman–Crippen MR) is 137 cm³/mol. The van der Waals surface area contributed by atoms with Crippen molar-refractivity contribution in [2.75, 3.05) is 17.2 Å². The molecular weight excluding hydrogens is 428 g/mol. The van der Waals surface area contributed by atoms with Gasteiger partial charge in [0.2, 0.25) is 5.91 Å². The molecule has 0 saturated carbocycles. The monoisotopic (exact) mass is 466 g/mol. The van der Waals surface area contributed by atoms with Crippen LogP contribution in [0.4, 0.5) is 11.4 Å². The van der Waals surface area contributed by atoms with Crippen LogP contribution in [0.15, 0.2) is 48.5 Å². The highest BCUT2D eigenvalue weighted by atomic mass is 16.5. The third kappa shape index (κ3) is 10.2. The summed E-state index contributed by atoms with van der Waals surface area (Å²) in [5, 5.41) is 5.54. The SMILES string of the molecule is CCCCCCCCCCCC(=O)Nc1ccccc1C(=O)OCC(=O)Nc1ccccc1C. The number of anilines is 2. The molecule has 0 heterocycles. The molecule has 0 atom stereocenters. The van der Waals surface area contributed by atoms with E-state index in [1.54, 1.807) is 30.3 Å². The number of unbranched alkanes of at least 4 members (excludes halogenated alkanes) is 8. The molecule has 6 heteroatoms. The van der Waals surface area contributed by atoms with Crippen LogP contribution in [0, 0.1) is 6.92 Å². The molecular formula is C28H38N2O4. The number of hydrogen-bond acceptors (Lipinski definition) is 4. The van der Waals surface area contributed by atoms with Gasteiger partial charge in [-0.15, -0.1) is 0 Å². The van der Waals surface area contributed by atoms with Gasteiger partial charge in [0.25, 0.3) is 5.91 Å². The number of hydrogen-bond donors (Lipinski definition) is 2. The molecule has 2 N–H and O–H groups in total. The number of nitrogens with one attached hydrogen (secondary N) is 2. The van der Waals surface area contributed by atoms with Crippen molar-refractivity contribution < 1.29 is 19.1 Å². The first-order valence-corrected chi connectivity index (χ1v) is 12.4. The lowest BCUT2D eigenvalue weighted by Gasteiger charge is -2.12. The van der Waals surface area contributed by atoms with Crippen LogP contribution >= 0.6 is 0 Å². The minimum Gasteiger partial charge on any atom is -0.452 e. The number of ether oxygens (including phenoxy) is 1. The maximum absolute atomic E-state index is 12.5. The number of rotatable bonds is 15. The van der Waals surface area contributed by atoms with Crippen LogP contribution in [0.3, 0.4) is 0 Å². The van der Waals surface area contributed by atoms with E-state index in [4.69, 9.17) is 4.74 Å². The van der Waals surface area contributed by atoms with Gasteiger partial charge in [-0.2, -0.15) is 0 Å². The molecule has 0 bridgehead atoms. The summed E-state index contributed by atoms with van der Waals surface area (Å²) < 4.78 is 5.18. The lowest BCUT2D eigenvalue weighted by Crippen LogP contribution is -2.22. The van der Waals surface area contributed by atoms with E-state index in [2.05, 4.69) is 17.6 Å². The van der Waals surface area contributed by atoms with Gasteiger partial charge in [-0.05, 0) is 37.1 Å². The number of amides is 2. The topological polar surface area (TPSA) is 84.5 Å². The first kappa shape index (κ1) is 27.1. The zero-order valence-corrected chi connectivity index (χ0v) is 20.5. The smallest absolute Gasteiger partial charge is 0.340 e. The number of para-hydroxylation sites is 2. The zero-order valence-electron chi connectivity index (χ0n) is 20.5. The number of esters is 1. The van der Waals surface area contributed by atoms with Crippen molar-refractivity contribution in [1.29, 1.82) is 0 Å². The van der Waals surface area contributed by atoms with Crippen LogP contribution in [-0.4, -0.2) is 24.4 Å². The van der Waals surface area contributed by atoms with Crippen LogP contribution in [0.2, 0.25) is 0 Å². The van der Waals surface area contributed by atoms with Crippen LogP contribution in [-0.2, 0) is 14.3 Å². The first-order valence-electron chi connectivity index (χ1n) is 12.4. The fraction of sp³-hybridized carbons (Fsp3) is 0.464. The summed E-state index contributed by atoms with van der Waals surface area (Å²) in [6.07, 6.45) is 11.1. The highest BCUT2D eigenvalue weighted by Gasteiger charge is 2.16. The van der Waals surface area contributed by atoms with Gasteiger partial charge in [-0.1, -0.05) is 88.6 Å². The summed E-state index contributed by atoms with van der Waals surface area (Å²) in [6, 6.07) is 14.1. The van der Waals surface area contributed by atoms with Gasteiger partial charge < -0.3 is 15.4 Å². The highest BCUT2D eigenvalue weighted by Crippen LogP contribution is 2.18. The molecule has 184 valence electrons. The average molecular weight is 467 g/mol. The van der Waals surface area contributed by atoms with Crippen molar-refractivity contribution in [2.24, 2.45) is 0 Å². The second-order valence-corrected chi connectivity index (χ2v) is 8.61. The zero-order chi connectivity index (χ0) is 24.6. The van der Waals surface area contributed by atoms with Gasteiger partial charge in [-0.3, -0.25) is 9.59 Å². The van der Waals surface area contributed by atoms with Gasteiger partial charge in [0.1, 0.15) is 0 Å². The van der Waals surface area contributed by atoms with E-state index in [-0.39, 0.29) is 11.5 Å². The lowest BCUT2D eigenvalue weighted by atomic mass is 10.1. The molecule has 0 aliphatic carbocycles. The van der Waals surface area contributed by atoms with Crippen molar-refractivity contribution in [1.82, 2.24) is 0 Å². The summed E-state index contributed by atoms with van der Waals surface area (Å²) in [4.78, 5) is 37.1. The van der Waals surface area contributed by atoms with Crippen molar-refractivity contribution in [3.05, 3.63) is 59.7 Å². The average Bonchev–Trinajstić information content (AvgIpc) is 2.83. The minimum absolute atomic E-state index is 0.125. The Morgan fingerprint density at radius 1 is 0.706 bits per heavy atom. The molecule has 6 nitrogen and oxygen atoms in total. The number of carbonyl (C=O) groups excluding carboxylic acids is 3. The summed E-state index contributed by atoms with van der Waals surface area (Å²) in [5.74, 6) is -1.20. The maximum Gasteiger partial charge on any atom is 0.340 e. The van der Waals surface area contributed by atoms with E-state index in [0.717, 1.165) is 24.8 Å². The van der Waals surface area contributed by atoms with E-state index in [9.17, 15) is 14.4 Å². The number of aryl methyl sites for hydroxylation is 1. The standard InChI is InChI=1S/C28H38N2O4/c1-3-4-5-6-7-8-9-10-11-20-26(31)30-25-19-15-13-17-23(25)28(33)34-21-27(32)29-24-18-14-12-16-22(24)2/h12-19H,3-11,20-21H2,1-2H3,(H,29,32)(H,30,31). The molecule has 0 saturated heterocycles. The second kappa shape index (κ2) is 15.6. The van der Waals surface area contributed by atoms with Crippen LogP contribution < -0.4 is 10.6 Å². The Hall–Kier alpha value is -3.15. The molecule has 2 amide bonds. The lowest BCUT2D eigenvalue weighted by molar-refractivity contribution is -0.119. The third-order valence-corrected chi connectivity index (χ3v) is 5.68. The molecule has 34 heavy (non-hydrogen) atoms. The number of carbonyl (C=O) groups is 3. The van der Waals surface area contributed by atoms with Crippen LogP contribution in [0.25, 0.3) is 0 Å². The fourth-order valence-electron chi connectivity index (χ4n) is 3.69. The molecule has 2 rings (SSSR count). The normalized spacial score (nSPS) is 10.5. The quantitative estimate of drug-likeness (QED) is 0.227. The Labute approximate surface area is 203 Å². The first-order chi connectivity index (χ1) is 16.5. The Morgan fingerprint density at radius 2 is 1.26 bits per heavy atom. The molecule has 0 unspecified atom stereocenters. The summed E-state index contributed by atoms with van der Waals surface area (Å²) in [7, 11) is 0. The number of benzene rings is 2. The maximum atomic E-state index is 12.5. The van der Waals surface area contributed by atoms with Crippen molar-refractivity contribution in [2.45, 2.75) is 78.1 Å². The minimum atomic E-state index is -0.654. The van der Waals surface area contributed by atoms with E-state index in [1.807, 2.05) is 25.1 Å². The van der Waals surface area contributed by atoms with Gasteiger partial charge in [0.05, 0.1) is 11.3 Å². The van der Waals surface area contributed by atoms with E-state index in [1.165, 1.54) is 38.5 Å². The van der Waals surface area contributed by atoms with Gasteiger partial charge in [0.15, 0.2) is 6.61 Å². The molecule has 0 aromatic heterocycles. The molecule has 2 aromatic rings. The van der Waals surface area contributed by atoms with Gasteiger partial charge in [0, 0.05) is 12.1 Å². The highest BCUT2D eigenvalue weighted by molar-refractivity contribution is 6.02. The van der Waals surface area contributed by atoms with E-state index in [0.29, 0.717) is 17.8 Å². The van der Waals surface area contributed by atoms with E-state index >= 15 is 0 Å². The Balaban J connectivity index is 1.73. The summed E-state index contributed by atoms with van der Waals surface area (Å²) in [6.45, 7) is 3.70. The van der Waals surface area contributed by atoms with Crippen molar-refractivity contribution in [3.8, 4) is 0 Å². The van der Waals surface area contributed by atoms with Crippen molar-refractivity contribution >= 4 is 29.2 Å². The molecule has 0 aliphatic rings. The van der Waals surface area contributed by atoms with Crippen LogP contribution in [0.5, 0.6) is 0 Å². The largest absolute Gasteiger partial charge is 0.452 e. The Morgan fingerprint density at radius 3 is 1.94 bits per heavy atom. The van der Waals surface area contributed by atoms with Gasteiger partial charge >= 0.3 is 5.97 Å². The molecule has 0 radical (unpaired) electrons. The fourth-order valence-corrected chi connectivity index (χ4v) is 3.69. The van der Waals surface area contributed by atoms with Gasteiger partial charge in [-0.25, -0.2) is 4.79 Å². The predicted octanol–water partition coefficient (Wildman–Crippen LogP) is 6.65. The summed E-state index contributed by atoms with van der Waals surface area (Å²) >= 11 is 0. The van der Waals surface area contributed by atoms with Crippen molar-refractivity contribution in [3.63, 3.8) is 0 Å². The molecule has 2 aromatic carbocycles. The third-order valence-electron chi connectivity index (χ3n) is 5.68. The Bertz CT molecular complexity index is 926. The molecule has 0 fully saturated rings. The molecule has 0 aliphatic heterocycles. The second-order valence-electron chi connectivity index (χ2n) is 8.61. The van der Waals surface area contributed by atoms with Crippen LogP contribution in [0.1, 0.15) is 87.1 Å². The summed E-state index contributed by atoms with van der Waals surface area (Å²) in [5.41, 5.74) is 2.22. The van der Waals surface area contributed by atoms with E-state index < -0.39 is 18.5 Å².